The van der Waals surface area contributed by atoms with Crippen molar-refractivity contribution < 1.29 is 24.1 Å². The molecule has 160 valence electrons. The van der Waals surface area contributed by atoms with Gasteiger partial charge in [0.05, 0.1) is 18.7 Å². The van der Waals surface area contributed by atoms with Gasteiger partial charge < -0.3 is 30.4 Å². The van der Waals surface area contributed by atoms with Gasteiger partial charge in [0.2, 0.25) is 5.91 Å². The molecule has 29 heavy (non-hydrogen) atoms. The lowest BCUT2D eigenvalue weighted by atomic mass is 10.1. The first kappa shape index (κ1) is 22.8. The SMILES string of the molecule is CO[C@@H]1[C@H](OC)[C@@H](CO)O[C@H]1n1cc(C#CCNC(=O)CC(C)C)c(N)nc1=O. The van der Waals surface area contributed by atoms with Crippen molar-refractivity contribution in [2.24, 2.45) is 5.92 Å². The molecule has 1 saturated heterocycles. The van der Waals surface area contributed by atoms with Gasteiger partial charge in [-0.15, -0.1) is 0 Å². The van der Waals surface area contributed by atoms with Crippen LogP contribution in [-0.2, 0) is 19.0 Å². The van der Waals surface area contributed by atoms with E-state index in [9.17, 15) is 14.7 Å². The highest BCUT2D eigenvalue weighted by Crippen LogP contribution is 2.32. The molecule has 4 N–H and O–H groups in total. The van der Waals surface area contributed by atoms with E-state index in [0.717, 1.165) is 0 Å². The van der Waals surface area contributed by atoms with Gasteiger partial charge >= 0.3 is 5.69 Å². The maximum absolute atomic E-state index is 12.4. The Morgan fingerprint density at radius 2 is 2.10 bits per heavy atom. The van der Waals surface area contributed by atoms with Gasteiger partial charge in [0.25, 0.3) is 0 Å². The molecule has 0 saturated carbocycles. The van der Waals surface area contributed by atoms with E-state index in [4.69, 9.17) is 19.9 Å². The summed E-state index contributed by atoms with van der Waals surface area (Å²) in [4.78, 5) is 27.8. The summed E-state index contributed by atoms with van der Waals surface area (Å²) in [5.74, 6) is 5.74. The third-order valence-electron chi connectivity index (χ3n) is 4.46. The highest BCUT2D eigenvalue weighted by molar-refractivity contribution is 5.76. The number of carbonyl (C=O) groups excluding carboxylic acids is 1. The summed E-state index contributed by atoms with van der Waals surface area (Å²) >= 11 is 0. The van der Waals surface area contributed by atoms with Crippen LogP contribution in [0.15, 0.2) is 11.0 Å². The number of anilines is 1. The van der Waals surface area contributed by atoms with Crippen LogP contribution in [0.25, 0.3) is 0 Å². The fraction of sp³-hybridized carbons (Fsp3) is 0.632. The zero-order valence-electron chi connectivity index (χ0n) is 17.0. The summed E-state index contributed by atoms with van der Waals surface area (Å²) in [6.45, 7) is 3.75. The van der Waals surface area contributed by atoms with E-state index in [2.05, 4.69) is 22.1 Å². The fourth-order valence-electron chi connectivity index (χ4n) is 3.10. The van der Waals surface area contributed by atoms with Crippen molar-refractivity contribution >= 4 is 11.7 Å². The van der Waals surface area contributed by atoms with Crippen LogP contribution in [0.2, 0.25) is 0 Å². The van der Waals surface area contributed by atoms with Crippen LogP contribution >= 0.6 is 0 Å². The molecule has 1 aromatic rings. The standard InChI is InChI=1S/C19H28N4O6/c1-11(2)8-14(25)21-7-5-6-12-9-23(19(26)22-17(12)20)18-16(28-4)15(27-3)13(10-24)29-18/h9,11,13,15-16,18,24H,7-8,10H2,1-4H3,(H,21,25)(H2,20,22,26)/t13-,15-,16-,18-/m1/s1. The zero-order valence-corrected chi connectivity index (χ0v) is 17.0. The molecule has 1 aliphatic heterocycles. The Hall–Kier alpha value is -2.45. The topological polar surface area (TPSA) is 138 Å². The van der Waals surface area contributed by atoms with Crippen LogP contribution in [-0.4, -0.2) is 66.2 Å². The maximum Gasteiger partial charge on any atom is 0.351 e. The van der Waals surface area contributed by atoms with Gasteiger partial charge in [-0.2, -0.15) is 4.98 Å². The number of nitrogens with two attached hydrogens (primary N) is 1. The molecule has 10 heteroatoms. The minimum atomic E-state index is -0.867. The summed E-state index contributed by atoms with van der Waals surface area (Å²) in [5.41, 5.74) is 5.49. The molecule has 0 unspecified atom stereocenters. The van der Waals surface area contributed by atoms with Crippen molar-refractivity contribution in [2.45, 2.75) is 44.8 Å². The predicted molar refractivity (Wildman–Crippen MR) is 105 cm³/mol. The van der Waals surface area contributed by atoms with Crippen molar-refractivity contribution in [1.29, 1.82) is 0 Å². The van der Waals surface area contributed by atoms with E-state index >= 15 is 0 Å². The number of nitrogens with zero attached hydrogens (tertiary/aromatic N) is 2. The molecule has 10 nitrogen and oxygen atoms in total. The first-order chi connectivity index (χ1) is 13.8. The number of aliphatic hydroxyl groups excluding tert-OH is 1. The molecule has 1 aromatic heterocycles. The van der Waals surface area contributed by atoms with E-state index in [1.165, 1.54) is 25.0 Å². The van der Waals surface area contributed by atoms with Crippen molar-refractivity contribution in [1.82, 2.24) is 14.9 Å². The number of aromatic nitrogens is 2. The Labute approximate surface area is 169 Å². The molecule has 0 aromatic carbocycles. The second-order valence-electron chi connectivity index (χ2n) is 7.05. The van der Waals surface area contributed by atoms with Crippen LogP contribution in [0.3, 0.4) is 0 Å². The molecule has 1 fully saturated rings. The number of hydrogen-bond acceptors (Lipinski definition) is 8. The van der Waals surface area contributed by atoms with E-state index in [-0.39, 0.29) is 30.8 Å². The molecule has 1 aliphatic rings. The number of hydrogen-bond donors (Lipinski definition) is 3. The van der Waals surface area contributed by atoms with Gasteiger partial charge in [0, 0.05) is 26.8 Å². The molecule has 0 spiro atoms. The lowest BCUT2D eigenvalue weighted by Gasteiger charge is -2.22. The smallest absolute Gasteiger partial charge is 0.351 e. The second-order valence-corrected chi connectivity index (χ2v) is 7.05. The average molecular weight is 408 g/mol. The second kappa shape index (κ2) is 10.4. The van der Waals surface area contributed by atoms with Gasteiger partial charge in [-0.25, -0.2) is 4.79 Å². The zero-order chi connectivity index (χ0) is 21.6. The Morgan fingerprint density at radius 3 is 2.69 bits per heavy atom. The molecule has 0 aliphatic carbocycles. The highest BCUT2D eigenvalue weighted by atomic mass is 16.6. The average Bonchev–Trinajstić information content (AvgIpc) is 3.03. The van der Waals surface area contributed by atoms with E-state index in [0.29, 0.717) is 12.0 Å². The minimum absolute atomic E-state index is 0.0266. The number of amides is 1. The Kier molecular flexibility index (Phi) is 8.16. The number of ether oxygens (including phenoxy) is 3. The molecule has 1 amide bonds. The van der Waals surface area contributed by atoms with E-state index in [1.807, 2.05) is 13.8 Å². The Bertz CT molecular complexity index is 828. The molecule has 4 atom stereocenters. The van der Waals surface area contributed by atoms with Crippen molar-refractivity contribution in [3.05, 3.63) is 22.2 Å². The number of nitrogen functional groups attached to an aromatic ring is 1. The fourth-order valence-corrected chi connectivity index (χ4v) is 3.10. The lowest BCUT2D eigenvalue weighted by Crippen LogP contribution is -2.38. The van der Waals surface area contributed by atoms with Crippen molar-refractivity contribution in [3.8, 4) is 11.8 Å². The predicted octanol–water partition coefficient (Wildman–Crippen LogP) is -0.741. The van der Waals surface area contributed by atoms with Crippen LogP contribution in [0.4, 0.5) is 5.82 Å². The summed E-state index contributed by atoms with van der Waals surface area (Å²) in [7, 11) is 2.93. The number of carbonyl (C=O) groups is 1. The molecule has 0 bridgehead atoms. The summed E-state index contributed by atoms with van der Waals surface area (Å²) < 4.78 is 17.8. The third kappa shape index (κ3) is 5.55. The van der Waals surface area contributed by atoms with Crippen LogP contribution in [0.5, 0.6) is 0 Å². The minimum Gasteiger partial charge on any atom is -0.394 e. The largest absolute Gasteiger partial charge is 0.394 e. The third-order valence-corrected chi connectivity index (χ3v) is 4.46. The van der Waals surface area contributed by atoms with Gasteiger partial charge in [-0.3, -0.25) is 9.36 Å². The quantitative estimate of drug-likeness (QED) is 0.502. The Morgan fingerprint density at radius 1 is 1.41 bits per heavy atom. The first-order valence-electron chi connectivity index (χ1n) is 9.28. The van der Waals surface area contributed by atoms with Crippen LogP contribution < -0.4 is 16.7 Å². The monoisotopic (exact) mass is 408 g/mol. The summed E-state index contributed by atoms with van der Waals surface area (Å²) in [6, 6.07) is 0. The summed E-state index contributed by atoms with van der Waals surface area (Å²) in [6.07, 6.45) is -0.891. The van der Waals surface area contributed by atoms with Gasteiger partial charge in [0.15, 0.2) is 6.23 Å². The molecular weight excluding hydrogens is 380 g/mol. The molecule has 2 rings (SSSR count). The highest BCUT2D eigenvalue weighted by Gasteiger charge is 2.46. The van der Waals surface area contributed by atoms with Gasteiger partial charge in [-0.1, -0.05) is 25.7 Å². The number of nitrogens with one attached hydrogen (secondary N) is 1. The number of methoxy groups -OCH3 is 2. The van der Waals surface area contributed by atoms with Crippen LogP contribution in [0, 0.1) is 17.8 Å². The van der Waals surface area contributed by atoms with E-state index < -0.39 is 30.2 Å². The Balaban J connectivity index is 2.23. The first-order valence-corrected chi connectivity index (χ1v) is 9.28. The molecular formula is C19H28N4O6. The lowest BCUT2D eigenvalue weighted by molar-refractivity contribution is -0.121. The van der Waals surface area contributed by atoms with Crippen molar-refractivity contribution in [3.63, 3.8) is 0 Å². The van der Waals surface area contributed by atoms with Crippen molar-refractivity contribution in [2.75, 3.05) is 33.1 Å². The number of aliphatic hydroxyl groups is 1. The maximum atomic E-state index is 12.4. The normalized spacial score (nSPS) is 23.7. The number of rotatable bonds is 7. The van der Waals surface area contributed by atoms with Gasteiger partial charge in [-0.05, 0) is 5.92 Å². The molecule has 0 radical (unpaired) electrons. The molecule has 2 heterocycles. The van der Waals surface area contributed by atoms with E-state index in [1.54, 1.807) is 0 Å². The van der Waals surface area contributed by atoms with Gasteiger partial charge in [0.1, 0.15) is 24.1 Å². The van der Waals surface area contributed by atoms with Crippen LogP contribution in [0.1, 0.15) is 32.1 Å². The summed E-state index contributed by atoms with van der Waals surface area (Å²) in [5, 5.41) is 12.2.